The summed E-state index contributed by atoms with van der Waals surface area (Å²) < 4.78 is 33.2. The van der Waals surface area contributed by atoms with Crippen LogP contribution in [0.2, 0.25) is 0 Å². The van der Waals surface area contributed by atoms with Crippen LogP contribution in [0.4, 0.5) is 0 Å². The van der Waals surface area contributed by atoms with E-state index in [0.717, 1.165) is 36.8 Å². The quantitative estimate of drug-likeness (QED) is 0.188. The predicted molar refractivity (Wildman–Crippen MR) is 126 cm³/mol. The first kappa shape index (κ1) is 26.8. The van der Waals surface area contributed by atoms with Crippen LogP contribution in [0, 0.1) is 0 Å². The molecule has 0 amide bonds. The van der Waals surface area contributed by atoms with Crippen molar-refractivity contribution in [1.82, 2.24) is 10.6 Å². The van der Waals surface area contributed by atoms with Gasteiger partial charge in [-0.2, -0.15) is 0 Å². The van der Waals surface area contributed by atoms with Gasteiger partial charge in [0.1, 0.15) is 9.84 Å². The van der Waals surface area contributed by atoms with Gasteiger partial charge in [0.2, 0.25) is 0 Å². The Hall–Kier alpha value is -1.23. The van der Waals surface area contributed by atoms with Gasteiger partial charge in [0.15, 0.2) is 17.5 Å². The van der Waals surface area contributed by atoms with Crippen molar-refractivity contribution in [3.05, 3.63) is 23.8 Å². The fourth-order valence-corrected chi connectivity index (χ4v) is 3.17. The van der Waals surface area contributed by atoms with Crippen LogP contribution in [-0.4, -0.2) is 59.7 Å². The number of sulfone groups is 1. The van der Waals surface area contributed by atoms with Gasteiger partial charge in [-0.1, -0.05) is 6.07 Å². The van der Waals surface area contributed by atoms with Crippen molar-refractivity contribution in [3.8, 4) is 11.5 Å². The first-order valence-electron chi connectivity index (χ1n) is 9.39. The summed E-state index contributed by atoms with van der Waals surface area (Å²) >= 11 is 0. The number of ether oxygens (including phenoxy) is 2. The lowest BCUT2D eigenvalue weighted by Gasteiger charge is -2.12. The van der Waals surface area contributed by atoms with Crippen LogP contribution in [0.15, 0.2) is 23.2 Å². The number of halogens is 1. The maximum absolute atomic E-state index is 11.2. The van der Waals surface area contributed by atoms with Crippen LogP contribution in [-0.2, 0) is 16.3 Å². The van der Waals surface area contributed by atoms with Crippen LogP contribution in [0.1, 0.15) is 32.3 Å². The Kier molecular flexibility index (Phi) is 14.1. The SMILES string of the molecule is CCNC(=NCCCc1ccc(OC)c(OCC)c1)NCCCS(C)(=O)=O.I. The second-order valence-electron chi connectivity index (χ2n) is 6.19. The van der Waals surface area contributed by atoms with Gasteiger partial charge >= 0.3 is 0 Å². The van der Waals surface area contributed by atoms with E-state index in [1.165, 1.54) is 11.8 Å². The van der Waals surface area contributed by atoms with Gasteiger partial charge in [-0.3, -0.25) is 4.99 Å². The fraction of sp³-hybridized carbons (Fsp3) is 0.632. The van der Waals surface area contributed by atoms with E-state index in [9.17, 15) is 8.42 Å². The zero-order chi connectivity index (χ0) is 20.1. The van der Waals surface area contributed by atoms with Gasteiger partial charge < -0.3 is 20.1 Å². The van der Waals surface area contributed by atoms with Crippen LogP contribution in [0.3, 0.4) is 0 Å². The van der Waals surface area contributed by atoms with Gasteiger partial charge in [-0.05, 0) is 50.8 Å². The van der Waals surface area contributed by atoms with E-state index in [1.807, 2.05) is 32.0 Å². The largest absolute Gasteiger partial charge is 0.493 e. The minimum absolute atomic E-state index is 0. The molecular formula is C19H34IN3O4S. The Morgan fingerprint density at radius 2 is 1.89 bits per heavy atom. The summed E-state index contributed by atoms with van der Waals surface area (Å²) in [5, 5.41) is 6.34. The normalized spacial score (nSPS) is 11.5. The molecule has 162 valence electrons. The maximum Gasteiger partial charge on any atom is 0.191 e. The summed E-state index contributed by atoms with van der Waals surface area (Å²) in [4.78, 5) is 4.54. The minimum atomic E-state index is -2.92. The summed E-state index contributed by atoms with van der Waals surface area (Å²) in [6.07, 6.45) is 3.61. The standard InChI is InChI=1S/C19H33N3O4S.HI/c1-5-20-19(22-13-8-14-27(4,23)24)21-12-7-9-16-10-11-17(25-3)18(15-16)26-6-2;/h10-11,15H,5-9,12-14H2,1-4H3,(H2,20,21,22);1H. The summed E-state index contributed by atoms with van der Waals surface area (Å²) in [5.74, 6) is 2.41. The second kappa shape index (κ2) is 14.7. The fourth-order valence-electron chi connectivity index (χ4n) is 2.50. The molecule has 7 nitrogen and oxygen atoms in total. The first-order valence-corrected chi connectivity index (χ1v) is 11.4. The molecular weight excluding hydrogens is 493 g/mol. The molecule has 0 bridgehead atoms. The Balaban J connectivity index is 0.00000729. The van der Waals surface area contributed by atoms with Gasteiger partial charge in [-0.25, -0.2) is 8.42 Å². The number of benzene rings is 1. The highest BCUT2D eigenvalue weighted by Gasteiger charge is 2.06. The van der Waals surface area contributed by atoms with E-state index < -0.39 is 9.84 Å². The molecule has 0 saturated carbocycles. The van der Waals surface area contributed by atoms with Crippen molar-refractivity contribution in [1.29, 1.82) is 0 Å². The van der Waals surface area contributed by atoms with E-state index >= 15 is 0 Å². The molecule has 2 N–H and O–H groups in total. The third-order valence-electron chi connectivity index (χ3n) is 3.75. The topological polar surface area (TPSA) is 89.0 Å². The smallest absolute Gasteiger partial charge is 0.191 e. The van der Waals surface area contributed by atoms with Crippen LogP contribution in [0.25, 0.3) is 0 Å². The number of methoxy groups -OCH3 is 1. The van der Waals surface area contributed by atoms with Crippen molar-refractivity contribution in [2.24, 2.45) is 4.99 Å². The average Bonchev–Trinajstić information content (AvgIpc) is 2.62. The van der Waals surface area contributed by atoms with E-state index in [1.54, 1.807) is 7.11 Å². The summed E-state index contributed by atoms with van der Waals surface area (Å²) in [5.41, 5.74) is 1.18. The lowest BCUT2D eigenvalue weighted by atomic mass is 10.1. The Labute approximate surface area is 186 Å². The molecule has 0 aliphatic heterocycles. The molecule has 0 unspecified atom stereocenters. The molecule has 0 radical (unpaired) electrons. The van der Waals surface area contributed by atoms with Gasteiger partial charge in [0.05, 0.1) is 19.5 Å². The van der Waals surface area contributed by atoms with Gasteiger partial charge in [0, 0.05) is 25.9 Å². The maximum atomic E-state index is 11.2. The molecule has 28 heavy (non-hydrogen) atoms. The van der Waals surface area contributed by atoms with Crippen molar-refractivity contribution in [2.45, 2.75) is 33.1 Å². The first-order chi connectivity index (χ1) is 12.9. The molecule has 9 heteroatoms. The van der Waals surface area contributed by atoms with E-state index in [-0.39, 0.29) is 29.7 Å². The van der Waals surface area contributed by atoms with Gasteiger partial charge in [0.25, 0.3) is 0 Å². The molecule has 1 rings (SSSR count). The summed E-state index contributed by atoms with van der Waals surface area (Å²) in [7, 11) is -1.28. The molecule has 0 atom stereocenters. The third kappa shape index (κ3) is 11.6. The van der Waals surface area contributed by atoms with Crippen LogP contribution >= 0.6 is 24.0 Å². The molecule has 0 spiro atoms. The van der Waals surface area contributed by atoms with E-state index in [2.05, 4.69) is 15.6 Å². The average molecular weight is 527 g/mol. The summed E-state index contributed by atoms with van der Waals surface area (Å²) in [6, 6.07) is 5.98. The molecule has 1 aromatic rings. The number of hydrogen-bond donors (Lipinski definition) is 2. The van der Waals surface area contributed by atoms with Crippen LogP contribution in [0.5, 0.6) is 11.5 Å². The molecule has 0 aliphatic rings. The third-order valence-corrected chi connectivity index (χ3v) is 4.78. The highest BCUT2D eigenvalue weighted by molar-refractivity contribution is 14.0. The Bertz CT molecular complexity index is 696. The van der Waals surface area contributed by atoms with Gasteiger partial charge in [-0.15, -0.1) is 24.0 Å². The van der Waals surface area contributed by atoms with Crippen molar-refractivity contribution < 1.29 is 17.9 Å². The molecule has 0 aromatic heterocycles. The van der Waals surface area contributed by atoms with E-state index in [0.29, 0.717) is 26.1 Å². The van der Waals surface area contributed by atoms with Crippen molar-refractivity contribution in [2.75, 3.05) is 45.4 Å². The molecule has 1 aromatic carbocycles. The number of rotatable bonds is 12. The highest BCUT2D eigenvalue weighted by atomic mass is 127. The second-order valence-corrected chi connectivity index (χ2v) is 8.45. The van der Waals surface area contributed by atoms with Crippen LogP contribution < -0.4 is 20.1 Å². The Morgan fingerprint density at radius 3 is 2.50 bits per heavy atom. The zero-order valence-electron chi connectivity index (χ0n) is 17.3. The number of nitrogens with zero attached hydrogens (tertiary/aromatic N) is 1. The van der Waals surface area contributed by atoms with E-state index in [4.69, 9.17) is 9.47 Å². The highest BCUT2D eigenvalue weighted by Crippen LogP contribution is 2.28. The zero-order valence-corrected chi connectivity index (χ0v) is 20.4. The molecule has 0 saturated heterocycles. The molecule has 0 fully saturated rings. The number of guanidine groups is 1. The number of nitrogens with one attached hydrogen (secondary N) is 2. The minimum Gasteiger partial charge on any atom is -0.493 e. The number of aliphatic imine (C=N–C) groups is 1. The van der Waals surface area contributed by atoms with Crippen molar-refractivity contribution in [3.63, 3.8) is 0 Å². The number of aryl methyl sites for hydroxylation is 1. The predicted octanol–water partition coefficient (Wildman–Crippen LogP) is 2.63. The summed E-state index contributed by atoms with van der Waals surface area (Å²) in [6.45, 7) is 6.56. The molecule has 0 heterocycles. The number of hydrogen-bond acceptors (Lipinski definition) is 5. The lowest BCUT2D eigenvalue weighted by Crippen LogP contribution is -2.38. The Morgan fingerprint density at radius 1 is 1.14 bits per heavy atom. The molecule has 0 aliphatic carbocycles. The monoisotopic (exact) mass is 527 g/mol. The lowest BCUT2D eigenvalue weighted by molar-refractivity contribution is 0.310. The van der Waals surface area contributed by atoms with Crippen molar-refractivity contribution >= 4 is 39.8 Å².